The van der Waals surface area contributed by atoms with Gasteiger partial charge in [0.05, 0.1) is 0 Å². The third-order valence-electron chi connectivity index (χ3n) is 2.80. The van der Waals surface area contributed by atoms with E-state index in [4.69, 9.17) is 6.42 Å². The number of hydrogen-bond acceptors (Lipinski definition) is 1. The van der Waals surface area contributed by atoms with Gasteiger partial charge in [-0.3, -0.25) is 0 Å². The smallest absolute Gasteiger partial charge is 0.0331 e. The summed E-state index contributed by atoms with van der Waals surface area (Å²) in [4.78, 5) is 0. The molecule has 0 radical (unpaired) electrons. The molecule has 1 rings (SSSR count). The van der Waals surface area contributed by atoms with E-state index in [1.54, 1.807) is 0 Å². The molecule has 0 spiro atoms. The lowest BCUT2D eigenvalue weighted by Crippen LogP contribution is -2.21. The summed E-state index contributed by atoms with van der Waals surface area (Å²) in [5.74, 6) is 2.70. The van der Waals surface area contributed by atoms with Gasteiger partial charge in [-0.2, -0.15) is 0 Å². The fourth-order valence-electron chi connectivity index (χ4n) is 1.94. The van der Waals surface area contributed by atoms with Crippen molar-refractivity contribution >= 4 is 15.9 Å². The highest BCUT2D eigenvalue weighted by molar-refractivity contribution is 9.10. The van der Waals surface area contributed by atoms with E-state index in [1.165, 1.54) is 15.6 Å². The van der Waals surface area contributed by atoms with Gasteiger partial charge in [-0.25, -0.2) is 0 Å². The van der Waals surface area contributed by atoms with Crippen molar-refractivity contribution in [1.29, 1.82) is 0 Å². The van der Waals surface area contributed by atoms with Crippen LogP contribution in [0.1, 0.15) is 43.4 Å². The molecule has 0 aliphatic carbocycles. The normalized spacial score (nSPS) is 12.1. The van der Waals surface area contributed by atoms with E-state index in [-0.39, 0.29) is 0 Å². The molecule has 0 aliphatic rings. The van der Waals surface area contributed by atoms with Crippen LogP contribution < -0.4 is 5.32 Å². The second-order valence-electron chi connectivity index (χ2n) is 4.23. The van der Waals surface area contributed by atoms with Crippen LogP contribution in [0.5, 0.6) is 0 Å². The predicted molar refractivity (Wildman–Crippen MR) is 78.0 cm³/mol. The van der Waals surface area contributed by atoms with E-state index >= 15 is 0 Å². The summed E-state index contributed by atoms with van der Waals surface area (Å²) in [7, 11) is 0. The number of unbranched alkanes of at least 4 members (excludes halogenated alkanes) is 1. The zero-order valence-electron chi connectivity index (χ0n) is 10.6. The van der Waals surface area contributed by atoms with Crippen LogP contribution >= 0.6 is 15.9 Å². The molecule has 17 heavy (non-hydrogen) atoms. The van der Waals surface area contributed by atoms with Gasteiger partial charge in [0.2, 0.25) is 0 Å². The van der Waals surface area contributed by atoms with Crippen LogP contribution in [0.2, 0.25) is 0 Å². The first-order valence-electron chi connectivity index (χ1n) is 6.12. The number of nitrogens with one attached hydrogen (secondary N) is 1. The number of terminal acetylenes is 1. The highest BCUT2D eigenvalue weighted by atomic mass is 79.9. The van der Waals surface area contributed by atoms with Crippen molar-refractivity contribution in [3.05, 3.63) is 33.8 Å². The molecule has 0 aliphatic heterocycles. The van der Waals surface area contributed by atoms with Crippen molar-refractivity contribution in [2.24, 2.45) is 0 Å². The summed E-state index contributed by atoms with van der Waals surface area (Å²) in [5, 5.41) is 3.52. The van der Waals surface area contributed by atoms with Crippen LogP contribution in [0.15, 0.2) is 22.7 Å². The van der Waals surface area contributed by atoms with Crippen molar-refractivity contribution < 1.29 is 0 Å². The lowest BCUT2D eigenvalue weighted by molar-refractivity contribution is 0.500. The first kappa shape index (κ1) is 14.3. The fraction of sp³-hybridized carbons (Fsp3) is 0.467. The molecule has 1 unspecified atom stereocenters. The first-order valence-corrected chi connectivity index (χ1v) is 6.91. The van der Waals surface area contributed by atoms with Gasteiger partial charge in [-0.15, -0.1) is 12.3 Å². The average molecular weight is 294 g/mol. The number of halogens is 1. The number of hydrogen-bond donors (Lipinski definition) is 1. The predicted octanol–water partition coefficient (Wildman–Crippen LogP) is 4.21. The average Bonchev–Trinajstić information content (AvgIpc) is 2.28. The summed E-state index contributed by atoms with van der Waals surface area (Å²) < 4.78 is 1.18. The van der Waals surface area contributed by atoms with Gasteiger partial charge in [-0.1, -0.05) is 35.0 Å². The summed E-state index contributed by atoms with van der Waals surface area (Å²) >= 11 is 3.65. The highest BCUT2D eigenvalue weighted by Crippen LogP contribution is 2.27. The van der Waals surface area contributed by atoms with Crippen LogP contribution in [0.4, 0.5) is 0 Å². The van der Waals surface area contributed by atoms with E-state index in [9.17, 15) is 0 Å². The summed E-state index contributed by atoms with van der Waals surface area (Å²) in [5.41, 5.74) is 2.61. The Morgan fingerprint density at radius 2 is 2.24 bits per heavy atom. The molecular formula is C15H20BrN. The van der Waals surface area contributed by atoms with E-state index < -0.39 is 0 Å². The van der Waals surface area contributed by atoms with Crippen LogP contribution in [-0.4, -0.2) is 6.54 Å². The SMILES string of the molecule is C#CCCCC(NCC)c1ccc(C)cc1Br. The molecule has 92 valence electrons. The van der Waals surface area contributed by atoms with E-state index in [0.717, 1.165) is 25.8 Å². The molecule has 1 aromatic carbocycles. The molecule has 0 amide bonds. The van der Waals surface area contributed by atoms with Gasteiger partial charge < -0.3 is 5.32 Å². The van der Waals surface area contributed by atoms with Gasteiger partial charge >= 0.3 is 0 Å². The Kier molecular flexibility index (Phi) is 6.32. The van der Waals surface area contributed by atoms with Crippen molar-refractivity contribution in [3.63, 3.8) is 0 Å². The van der Waals surface area contributed by atoms with Crippen molar-refractivity contribution in [2.45, 2.75) is 39.2 Å². The molecule has 1 atom stereocenters. The molecule has 0 saturated carbocycles. The maximum Gasteiger partial charge on any atom is 0.0331 e. The number of rotatable bonds is 6. The van der Waals surface area contributed by atoms with E-state index in [1.807, 2.05) is 0 Å². The second-order valence-corrected chi connectivity index (χ2v) is 5.09. The van der Waals surface area contributed by atoms with Gasteiger partial charge in [0.15, 0.2) is 0 Å². The Balaban J connectivity index is 2.78. The largest absolute Gasteiger partial charge is 0.310 e. The molecule has 1 nitrogen and oxygen atoms in total. The van der Waals surface area contributed by atoms with Gasteiger partial charge in [0.25, 0.3) is 0 Å². The molecule has 0 bridgehead atoms. The zero-order chi connectivity index (χ0) is 12.7. The molecule has 0 saturated heterocycles. The van der Waals surface area contributed by atoms with Gasteiger partial charge in [0, 0.05) is 16.9 Å². The van der Waals surface area contributed by atoms with Crippen molar-refractivity contribution in [2.75, 3.05) is 6.54 Å². The van der Waals surface area contributed by atoms with Crippen molar-refractivity contribution in [1.82, 2.24) is 5.32 Å². The molecule has 1 N–H and O–H groups in total. The second kappa shape index (κ2) is 7.53. The highest BCUT2D eigenvalue weighted by Gasteiger charge is 2.12. The standard InChI is InChI=1S/C15H20BrN/c1-4-6-7-8-15(17-5-2)13-10-9-12(3)11-14(13)16/h1,9-11,15,17H,5-8H2,2-3H3. The Morgan fingerprint density at radius 3 is 2.82 bits per heavy atom. The summed E-state index contributed by atoms with van der Waals surface area (Å²) in [6, 6.07) is 6.91. The van der Waals surface area contributed by atoms with Crippen LogP contribution in [-0.2, 0) is 0 Å². The van der Waals surface area contributed by atoms with Crippen LogP contribution in [0.3, 0.4) is 0 Å². The van der Waals surface area contributed by atoms with Gasteiger partial charge in [0.1, 0.15) is 0 Å². The van der Waals surface area contributed by atoms with E-state index in [2.05, 4.69) is 59.2 Å². The first-order chi connectivity index (χ1) is 8.19. The fourth-order valence-corrected chi connectivity index (χ4v) is 2.71. The molecule has 0 heterocycles. The lowest BCUT2D eigenvalue weighted by atomic mass is 10.00. The lowest BCUT2D eigenvalue weighted by Gasteiger charge is -2.19. The van der Waals surface area contributed by atoms with Crippen LogP contribution in [0, 0.1) is 19.3 Å². The molecule has 1 aromatic rings. The maximum atomic E-state index is 5.30. The molecular weight excluding hydrogens is 274 g/mol. The van der Waals surface area contributed by atoms with Crippen molar-refractivity contribution in [3.8, 4) is 12.3 Å². The number of aryl methyl sites for hydroxylation is 1. The zero-order valence-corrected chi connectivity index (χ0v) is 12.2. The molecule has 2 heteroatoms. The summed E-state index contributed by atoms with van der Waals surface area (Å²) in [6.07, 6.45) is 8.30. The third-order valence-corrected chi connectivity index (χ3v) is 3.48. The quantitative estimate of drug-likeness (QED) is 0.612. The minimum atomic E-state index is 0.392. The maximum absolute atomic E-state index is 5.30. The Bertz CT molecular complexity index is 392. The Labute approximate surface area is 113 Å². The molecule has 0 aromatic heterocycles. The monoisotopic (exact) mass is 293 g/mol. The third kappa shape index (κ3) is 4.53. The van der Waals surface area contributed by atoms with E-state index in [0.29, 0.717) is 6.04 Å². The Hall–Kier alpha value is -0.780. The molecule has 0 fully saturated rings. The van der Waals surface area contributed by atoms with Crippen LogP contribution in [0.25, 0.3) is 0 Å². The minimum absolute atomic E-state index is 0.392. The summed E-state index contributed by atoms with van der Waals surface area (Å²) in [6.45, 7) is 5.21. The Morgan fingerprint density at radius 1 is 1.47 bits per heavy atom. The van der Waals surface area contributed by atoms with Gasteiger partial charge in [-0.05, 0) is 43.5 Å². The minimum Gasteiger partial charge on any atom is -0.310 e. The number of benzene rings is 1. The topological polar surface area (TPSA) is 12.0 Å².